The summed E-state index contributed by atoms with van der Waals surface area (Å²) in [7, 11) is 0.493. The third-order valence-corrected chi connectivity index (χ3v) is 7.73. The molecule has 228 valence electrons. The third-order valence-electron chi connectivity index (χ3n) is 6.76. The highest BCUT2D eigenvalue weighted by Gasteiger charge is 2.25. The van der Waals surface area contributed by atoms with E-state index in [1.165, 1.54) is 0 Å². The van der Waals surface area contributed by atoms with Crippen LogP contribution in [0.2, 0.25) is 0 Å². The summed E-state index contributed by atoms with van der Waals surface area (Å²) >= 11 is 0. The van der Waals surface area contributed by atoms with E-state index in [1.807, 2.05) is 56.3 Å². The number of aryl methyl sites for hydroxylation is 1. The maximum Gasteiger partial charge on any atom is 0.326 e. The van der Waals surface area contributed by atoms with E-state index < -0.39 is 27.8 Å². The first-order valence-corrected chi connectivity index (χ1v) is 16.0. The minimum atomic E-state index is -3.40. The van der Waals surface area contributed by atoms with Crippen LogP contribution in [0.5, 0.6) is 0 Å². The first kappa shape index (κ1) is 33.0. The van der Waals surface area contributed by atoms with Crippen LogP contribution in [-0.4, -0.2) is 67.4 Å². The molecule has 0 aliphatic carbocycles. The lowest BCUT2D eigenvalue weighted by molar-refractivity contribution is -0.139. The number of rotatable bonds is 16. The summed E-state index contributed by atoms with van der Waals surface area (Å²) in [4.78, 5) is 31.5. The summed E-state index contributed by atoms with van der Waals surface area (Å²) in [5.41, 5.74) is 3.49. The summed E-state index contributed by atoms with van der Waals surface area (Å²) < 4.78 is 35.5. The van der Waals surface area contributed by atoms with Gasteiger partial charge in [0.25, 0.3) is 5.91 Å². The van der Waals surface area contributed by atoms with E-state index >= 15 is 0 Å². The number of carbonyl (C=O) groups excluding carboxylic acids is 1. The molecule has 10 nitrogen and oxygen atoms in total. The second-order valence-corrected chi connectivity index (χ2v) is 13.1. The largest absolute Gasteiger partial charge is 0.480 e. The number of hydrogen-bond acceptors (Lipinski definition) is 8. The molecule has 11 heteroatoms. The number of carbonyl (C=O) groups is 2. The lowest BCUT2D eigenvalue weighted by Crippen LogP contribution is -2.42. The number of carboxylic acids is 1. The number of oxazole rings is 1. The van der Waals surface area contributed by atoms with Crippen LogP contribution in [-0.2, 0) is 32.5 Å². The van der Waals surface area contributed by atoms with Crippen molar-refractivity contribution >= 4 is 21.7 Å². The monoisotopic (exact) mass is 599 g/mol. The van der Waals surface area contributed by atoms with Crippen LogP contribution >= 0.6 is 0 Å². The van der Waals surface area contributed by atoms with E-state index in [4.69, 9.17) is 9.15 Å². The highest BCUT2D eigenvalue weighted by molar-refractivity contribution is 7.90. The molecule has 1 heterocycles. The van der Waals surface area contributed by atoms with Crippen molar-refractivity contribution in [2.45, 2.75) is 64.8 Å². The minimum absolute atomic E-state index is 0.234. The normalized spacial score (nSPS) is 13.2. The number of ether oxygens (including phenoxy) is 1. The van der Waals surface area contributed by atoms with Gasteiger partial charge in [0, 0.05) is 11.8 Å². The second-order valence-electron chi connectivity index (χ2n) is 10.8. The summed E-state index contributed by atoms with van der Waals surface area (Å²) in [5.74, 6) is -0.962. The molecule has 1 amide bonds. The number of hydrogen-bond donors (Lipinski definition) is 2. The Balaban J connectivity index is 1.89. The topological polar surface area (TPSA) is 139 Å². The Kier molecular flexibility index (Phi) is 11.8. The highest BCUT2D eigenvalue weighted by atomic mass is 32.2. The molecule has 0 saturated carbocycles. The Morgan fingerprint density at radius 3 is 2.50 bits per heavy atom. The number of sulfone groups is 1. The fraction of sp³-hybridized carbons (Fsp3) is 0.452. The van der Waals surface area contributed by atoms with Gasteiger partial charge in [-0.15, -0.1) is 0 Å². The van der Waals surface area contributed by atoms with Crippen LogP contribution in [0.1, 0.15) is 71.8 Å². The van der Waals surface area contributed by atoms with Gasteiger partial charge >= 0.3 is 5.97 Å². The van der Waals surface area contributed by atoms with Gasteiger partial charge in [0.05, 0.1) is 25.1 Å². The van der Waals surface area contributed by atoms with Crippen LogP contribution in [0.25, 0.3) is 11.1 Å². The lowest BCUT2D eigenvalue weighted by Gasteiger charge is -2.19. The summed E-state index contributed by atoms with van der Waals surface area (Å²) in [5, 5.41) is 12.1. The molecule has 3 rings (SSSR count). The smallest absolute Gasteiger partial charge is 0.326 e. The molecule has 0 fully saturated rings. The standard InChI is InChI=1S/C31H41N3O7S/c1-6-7-12-27(28-18-32-29(41-28)19-34(3)4)40-20-22-13-14-24(25(17-22)23-11-9-8-10-21(23)2)30(35)33-26(31(36)37)15-16-42(5,38)39/h8-11,13-14,17-18,26-27H,6-7,12,15-16,19-20H2,1-5H3,(H,33,35)(H,36,37)/t26-,27+/m0/s1. The SMILES string of the molecule is CCCC[C@@H](OCc1ccc(C(=O)N[C@@H](CCS(C)(=O)=O)C(=O)O)c(-c2ccccc2C)c1)c1cnc(CN(C)C)o1. The molecule has 42 heavy (non-hydrogen) atoms. The number of carboxylic acid groups (broad SMARTS) is 1. The number of nitrogens with one attached hydrogen (secondary N) is 1. The van der Waals surface area contributed by atoms with Gasteiger partial charge in [0.15, 0.2) is 5.76 Å². The molecule has 0 spiro atoms. The van der Waals surface area contributed by atoms with Crippen molar-refractivity contribution in [1.82, 2.24) is 15.2 Å². The van der Waals surface area contributed by atoms with Crippen molar-refractivity contribution in [3.05, 3.63) is 77.0 Å². The molecule has 1 aromatic heterocycles. The molecule has 0 aliphatic rings. The molecule has 0 bridgehead atoms. The summed E-state index contributed by atoms with van der Waals surface area (Å²) in [6.45, 7) is 4.89. The van der Waals surface area contributed by atoms with E-state index in [1.54, 1.807) is 18.3 Å². The van der Waals surface area contributed by atoms with Crippen molar-refractivity contribution in [2.24, 2.45) is 0 Å². The van der Waals surface area contributed by atoms with Gasteiger partial charge in [-0.25, -0.2) is 18.2 Å². The predicted octanol–water partition coefficient (Wildman–Crippen LogP) is 4.78. The zero-order valence-electron chi connectivity index (χ0n) is 24.9. The maximum absolute atomic E-state index is 13.4. The van der Waals surface area contributed by atoms with Gasteiger partial charge in [0.2, 0.25) is 5.89 Å². The van der Waals surface area contributed by atoms with Crippen molar-refractivity contribution in [3.63, 3.8) is 0 Å². The molecule has 3 aromatic rings. The number of benzene rings is 2. The zero-order valence-corrected chi connectivity index (χ0v) is 25.7. The van der Waals surface area contributed by atoms with Gasteiger partial charge in [0.1, 0.15) is 22.0 Å². The van der Waals surface area contributed by atoms with Gasteiger partial charge in [-0.1, -0.05) is 50.1 Å². The summed E-state index contributed by atoms with van der Waals surface area (Å²) in [6.07, 6.45) is 4.94. The minimum Gasteiger partial charge on any atom is -0.480 e. The van der Waals surface area contributed by atoms with E-state index in [-0.39, 0.29) is 30.4 Å². The van der Waals surface area contributed by atoms with E-state index in [0.717, 1.165) is 42.2 Å². The van der Waals surface area contributed by atoms with Crippen LogP contribution < -0.4 is 5.32 Å². The summed E-state index contributed by atoms with van der Waals surface area (Å²) in [6, 6.07) is 11.6. The Labute approximate surface area is 248 Å². The molecule has 2 N–H and O–H groups in total. The Morgan fingerprint density at radius 2 is 1.86 bits per heavy atom. The fourth-order valence-corrected chi connectivity index (χ4v) is 5.18. The van der Waals surface area contributed by atoms with Crippen molar-refractivity contribution in [1.29, 1.82) is 0 Å². The van der Waals surface area contributed by atoms with Crippen molar-refractivity contribution in [3.8, 4) is 11.1 Å². The van der Waals surface area contributed by atoms with Crippen LogP contribution in [0, 0.1) is 6.92 Å². The number of aromatic nitrogens is 1. The predicted molar refractivity (Wildman–Crippen MR) is 161 cm³/mol. The van der Waals surface area contributed by atoms with E-state index in [9.17, 15) is 23.1 Å². The molecular formula is C31H41N3O7S. The van der Waals surface area contributed by atoms with Crippen molar-refractivity contribution in [2.75, 3.05) is 26.1 Å². The lowest BCUT2D eigenvalue weighted by atomic mass is 9.93. The number of amides is 1. The zero-order chi connectivity index (χ0) is 30.9. The van der Waals surface area contributed by atoms with Crippen molar-refractivity contribution < 1.29 is 32.3 Å². The molecular weight excluding hydrogens is 558 g/mol. The number of nitrogens with zero attached hydrogens (tertiary/aromatic N) is 2. The Bertz CT molecular complexity index is 1470. The average Bonchev–Trinajstić information content (AvgIpc) is 3.38. The van der Waals surface area contributed by atoms with Gasteiger partial charge in [-0.2, -0.15) is 0 Å². The molecule has 0 unspecified atom stereocenters. The van der Waals surface area contributed by atoms with Crippen LogP contribution in [0.15, 0.2) is 53.1 Å². The quantitative estimate of drug-likeness (QED) is 0.238. The number of unbranched alkanes of at least 4 members (excludes halogenated alkanes) is 1. The van der Waals surface area contributed by atoms with E-state index in [2.05, 4.69) is 17.2 Å². The first-order valence-electron chi connectivity index (χ1n) is 14.0. The van der Waals surface area contributed by atoms with E-state index in [0.29, 0.717) is 23.8 Å². The van der Waals surface area contributed by atoms with Gasteiger partial charge in [-0.05, 0) is 68.2 Å². The molecule has 2 aromatic carbocycles. The second kappa shape index (κ2) is 15.1. The van der Waals surface area contributed by atoms with Gasteiger partial charge < -0.3 is 24.5 Å². The number of aliphatic carboxylic acids is 1. The average molecular weight is 600 g/mol. The maximum atomic E-state index is 13.4. The molecule has 2 atom stereocenters. The molecule has 0 saturated heterocycles. The Morgan fingerprint density at radius 1 is 1.12 bits per heavy atom. The first-order chi connectivity index (χ1) is 19.9. The Hall–Kier alpha value is -3.54. The molecule has 0 aliphatic heterocycles. The van der Waals surface area contributed by atoms with Crippen LogP contribution in [0.3, 0.4) is 0 Å². The highest BCUT2D eigenvalue weighted by Crippen LogP contribution is 2.31. The third kappa shape index (κ3) is 9.78. The van der Waals surface area contributed by atoms with Crippen LogP contribution in [0.4, 0.5) is 0 Å². The van der Waals surface area contributed by atoms with Gasteiger partial charge in [-0.3, -0.25) is 4.79 Å². The molecule has 0 radical (unpaired) electrons. The fourth-order valence-electron chi connectivity index (χ4n) is 4.51.